The van der Waals surface area contributed by atoms with Gasteiger partial charge in [0, 0.05) is 11.4 Å². The molecule has 6 nitrogen and oxygen atoms in total. The summed E-state index contributed by atoms with van der Waals surface area (Å²) in [5.41, 5.74) is 5.36. The van der Waals surface area contributed by atoms with Crippen LogP contribution in [-0.4, -0.2) is 44.7 Å². The Kier molecular flexibility index (Phi) is 6.31. The minimum atomic E-state index is -0.477. The number of nitrogens with zero attached hydrogens (tertiary/aromatic N) is 1. The van der Waals surface area contributed by atoms with Gasteiger partial charge in [0.25, 0.3) is 5.91 Å². The van der Waals surface area contributed by atoms with E-state index in [1.54, 1.807) is 0 Å². The van der Waals surface area contributed by atoms with E-state index in [0.29, 0.717) is 6.54 Å². The van der Waals surface area contributed by atoms with E-state index in [1.807, 2.05) is 38.1 Å². The van der Waals surface area contributed by atoms with Gasteiger partial charge in [-0.25, -0.2) is 4.79 Å². The number of carbonyl (C=O) groups is 2. The molecule has 6 heteroatoms. The highest BCUT2D eigenvalue weighted by Crippen LogP contribution is 2.19. The summed E-state index contributed by atoms with van der Waals surface area (Å²) in [6.07, 6.45) is 0. The van der Waals surface area contributed by atoms with Crippen molar-refractivity contribution in [3.05, 3.63) is 59.2 Å². The fraction of sp³-hybridized carbons (Fsp3) is 0.364. The number of anilines is 2. The van der Waals surface area contributed by atoms with E-state index < -0.39 is 6.03 Å². The molecule has 1 saturated heterocycles. The summed E-state index contributed by atoms with van der Waals surface area (Å²) in [7, 11) is 0. The molecule has 1 aliphatic heterocycles. The van der Waals surface area contributed by atoms with Gasteiger partial charge in [-0.05, 0) is 44.0 Å². The Hall–Kier alpha value is -2.86. The van der Waals surface area contributed by atoms with Crippen LogP contribution in [-0.2, 0) is 4.79 Å². The van der Waals surface area contributed by atoms with E-state index in [1.165, 1.54) is 16.2 Å². The quantitative estimate of drug-likeness (QED) is 0.755. The van der Waals surface area contributed by atoms with Crippen molar-refractivity contribution >= 4 is 23.3 Å². The van der Waals surface area contributed by atoms with Crippen molar-refractivity contribution in [3.63, 3.8) is 0 Å². The summed E-state index contributed by atoms with van der Waals surface area (Å²) in [6.45, 7) is 9.92. The number of piperazine rings is 1. The van der Waals surface area contributed by atoms with E-state index in [9.17, 15) is 9.59 Å². The molecule has 3 N–H and O–H groups in total. The highest BCUT2D eigenvalue weighted by Gasteiger charge is 2.23. The molecular weight excluding hydrogens is 352 g/mol. The van der Waals surface area contributed by atoms with Gasteiger partial charge in [-0.1, -0.05) is 35.9 Å². The summed E-state index contributed by atoms with van der Waals surface area (Å²) in [5, 5.41) is 5.20. The molecule has 0 spiro atoms. The van der Waals surface area contributed by atoms with Gasteiger partial charge < -0.3 is 15.1 Å². The number of quaternary nitrogens is 1. The van der Waals surface area contributed by atoms with Gasteiger partial charge in [-0.2, -0.15) is 0 Å². The van der Waals surface area contributed by atoms with Crippen LogP contribution in [0.2, 0.25) is 0 Å². The minimum Gasteiger partial charge on any atom is -0.360 e. The van der Waals surface area contributed by atoms with Gasteiger partial charge in [-0.3, -0.25) is 10.1 Å². The second-order valence-corrected chi connectivity index (χ2v) is 7.52. The summed E-state index contributed by atoms with van der Waals surface area (Å²) >= 11 is 0. The highest BCUT2D eigenvalue weighted by molar-refractivity contribution is 6.01. The number of benzene rings is 2. The molecule has 3 amide bonds. The van der Waals surface area contributed by atoms with E-state index >= 15 is 0 Å². The molecule has 148 valence electrons. The van der Waals surface area contributed by atoms with Crippen LogP contribution in [0.4, 0.5) is 16.2 Å². The minimum absolute atomic E-state index is 0.249. The molecule has 0 aromatic heterocycles. The van der Waals surface area contributed by atoms with Crippen LogP contribution in [0.25, 0.3) is 0 Å². The number of aryl methyl sites for hydroxylation is 3. The summed E-state index contributed by atoms with van der Waals surface area (Å²) < 4.78 is 0. The molecule has 0 unspecified atom stereocenters. The first kappa shape index (κ1) is 19.9. The predicted octanol–water partition coefficient (Wildman–Crippen LogP) is 1.67. The van der Waals surface area contributed by atoms with Crippen LogP contribution in [0.15, 0.2) is 42.5 Å². The molecule has 0 atom stereocenters. The number of amides is 3. The first-order valence-corrected chi connectivity index (χ1v) is 9.74. The van der Waals surface area contributed by atoms with Crippen LogP contribution in [0.5, 0.6) is 0 Å². The first-order valence-electron chi connectivity index (χ1n) is 9.74. The Morgan fingerprint density at radius 1 is 1.00 bits per heavy atom. The number of nitrogens with one attached hydrogen (secondary N) is 3. The maximum Gasteiger partial charge on any atom is 0.326 e. The first-order chi connectivity index (χ1) is 13.4. The Morgan fingerprint density at radius 2 is 1.71 bits per heavy atom. The molecule has 1 aliphatic rings. The highest BCUT2D eigenvalue weighted by atomic mass is 16.2. The second-order valence-electron chi connectivity index (χ2n) is 7.52. The van der Waals surface area contributed by atoms with Crippen molar-refractivity contribution < 1.29 is 14.5 Å². The molecule has 0 radical (unpaired) electrons. The Morgan fingerprint density at radius 3 is 2.39 bits per heavy atom. The van der Waals surface area contributed by atoms with Gasteiger partial charge in [0.15, 0.2) is 6.54 Å². The van der Waals surface area contributed by atoms with Crippen LogP contribution in [0, 0.1) is 20.8 Å². The number of rotatable bonds is 4. The van der Waals surface area contributed by atoms with Crippen molar-refractivity contribution in [3.8, 4) is 0 Å². The van der Waals surface area contributed by atoms with Crippen molar-refractivity contribution in [1.82, 2.24) is 5.32 Å². The second kappa shape index (κ2) is 8.89. The molecule has 1 heterocycles. The molecule has 3 rings (SSSR count). The lowest BCUT2D eigenvalue weighted by atomic mass is 10.1. The molecule has 1 fully saturated rings. The molecule has 0 saturated carbocycles. The molecule has 2 aromatic rings. The third-order valence-electron chi connectivity index (χ3n) is 5.22. The monoisotopic (exact) mass is 381 g/mol. The van der Waals surface area contributed by atoms with Crippen LogP contribution < -0.4 is 20.4 Å². The number of urea groups is 1. The largest absolute Gasteiger partial charge is 0.360 e. The van der Waals surface area contributed by atoms with E-state index in [0.717, 1.165) is 43.0 Å². The predicted molar refractivity (Wildman–Crippen MR) is 112 cm³/mol. The number of hydrogen-bond donors (Lipinski definition) is 3. The zero-order valence-corrected chi connectivity index (χ0v) is 16.8. The maximum atomic E-state index is 12.3. The SMILES string of the molecule is Cc1ccc(NC(=O)NC(=O)C[NH+]2CCN(c3ccccc3C)CC2)c(C)c1. The average molecular weight is 382 g/mol. The number of imide groups is 1. The topological polar surface area (TPSA) is 65.9 Å². The van der Waals surface area contributed by atoms with Crippen molar-refractivity contribution in [1.29, 1.82) is 0 Å². The molecular formula is C22H29N4O2+. The Labute approximate surface area is 166 Å². The normalized spacial score (nSPS) is 14.6. The average Bonchev–Trinajstić information content (AvgIpc) is 2.65. The molecule has 0 aliphatic carbocycles. The molecule has 2 aromatic carbocycles. The van der Waals surface area contributed by atoms with E-state index in [4.69, 9.17) is 0 Å². The third-order valence-corrected chi connectivity index (χ3v) is 5.22. The summed E-state index contributed by atoms with van der Waals surface area (Å²) in [6, 6.07) is 13.7. The van der Waals surface area contributed by atoms with Crippen molar-refractivity contribution in [2.45, 2.75) is 20.8 Å². The van der Waals surface area contributed by atoms with Gasteiger partial charge >= 0.3 is 6.03 Å². The molecule has 0 bridgehead atoms. The van der Waals surface area contributed by atoms with Crippen molar-refractivity contribution in [2.75, 3.05) is 42.9 Å². The maximum absolute atomic E-state index is 12.3. The third kappa shape index (κ3) is 5.10. The fourth-order valence-corrected chi connectivity index (χ4v) is 3.66. The standard InChI is InChI=1S/C22H28N4O2/c1-16-8-9-19(18(3)14-16)23-22(28)24-21(27)15-25-10-12-26(13-11-25)20-7-5-4-6-17(20)2/h4-9,14H,10-13,15H2,1-3H3,(H2,23,24,27,28)/p+1. The smallest absolute Gasteiger partial charge is 0.326 e. The number of carbonyl (C=O) groups excluding carboxylic acids is 2. The lowest BCUT2D eigenvalue weighted by Gasteiger charge is -2.34. The Bertz CT molecular complexity index is 857. The molecule has 28 heavy (non-hydrogen) atoms. The van der Waals surface area contributed by atoms with Crippen molar-refractivity contribution in [2.24, 2.45) is 0 Å². The van der Waals surface area contributed by atoms with Gasteiger partial charge in [0.1, 0.15) is 0 Å². The lowest BCUT2D eigenvalue weighted by molar-refractivity contribution is -0.892. The zero-order valence-electron chi connectivity index (χ0n) is 16.8. The van der Waals surface area contributed by atoms with Gasteiger partial charge in [-0.15, -0.1) is 0 Å². The van der Waals surface area contributed by atoms with Crippen LogP contribution in [0.1, 0.15) is 16.7 Å². The van der Waals surface area contributed by atoms with Crippen LogP contribution >= 0.6 is 0 Å². The fourth-order valence-electron chi connectivity index (χ4n) is 3.66. The van der Waals surface area contributed by atoms with Crippen LogP contribution in [0.3, 0.4) is 0 Å². The number of hydrogen-bond acceptors (Lipinski definition) is 3. The van der Waals surface area contributed by atoms with Gasteiger partial charge in [0.05, 0.1) is 26.2 Å². The van der Waals surface area contributed by atoms with Gasteiger partial charge in [0.2, 0.25) is 0 Å². The van der Waals surface area contributed by atoms with E-state index in [2.05, 4.69) is 40.7 Å². The number of para-hydroxylation sites is 1. The Balaban J connectivity index is 1.45. The summed E-state index contributed by atoms with van der Waals surface area (Å²) in [4.78, 5) is 27.9. The summed E-state index contributed by atoms with van der Waals surface area (Å²) in [5.74, 6) is -0.249. The zero-order chi connectivity index (χ0) is 20.1. The van der Waals surface area contributed by atoms with E-state index in [-0.39, 0.29) is 5.91 Å². The lowest BCUT2D eigenvalue weighted by Crippen LogP contribution is -3.16.